The zero-order chi connectivity index (χ0) is 16.8. The predicted octanol–water partition coefficient (Wildman–Crippen LogP) is 2.67. The van der Waals surface area contributed by atoms with Crippen LogP contribution < -0.4 is 0 Å². The van der Waals surface area contributed by atoms with E-state index in [1.165, 1.54) is 11.8 Å². The number of imidazole rings is 1. The van der Waals surface area contributed by atoms with Crippen LogP contribution in [0.5, 0.6) is 0 Å². The summed E-state index contributed by atoms with van der Waals surface area (Å²) in [6, 6.07) is 9.49. The van der Waals surface area contributed by atoms with E-state index in [4.69, 9.17) is 4.42 Å². The number of amides is 1. The molecule has 3 aromatic rings. The number of hydrogen-bond donors (Lipinski definition) is 0. The van der Waals surface area contributed by atoms with Gasteiger partial charge in [0.2, 0.25) is 5.91 Å². The van der Waals surface area contributed by atoms with Crippen LogP contribution in [0.2, 0.25) is 0 Å². The largest absolute Gasteiger partial charge is 0.467 e. The summed E-state index contributed by atoms with van der Waals surface area (Å²) in [6.45, 7) is 1.11. The highest BCUT2D eigenvalue weighted by Gasteiger charge is 2.13. The van der Waals surface area contributed by atoms with Gasteiger partial charge in [-0.05, 0) is 24.3 Å². The van der Waals surface area contributed by atoms with E-state index >= 15 is 0 Å². The molecule has 7 heteroatoms. The first-order valence-corrected chi connectivity index (χ1v) is 8.51. The quantitative estimate of drug-likeness (QED) is 0.618. The molecule has 6 nitrogen and oxygen atoms in total. The Kier molecular flexibility index (Phi) is 5.32. The molecule has 0 bridgehead atoms. The lowest BCUT2D eigenvalue weighted by atomic mass is 10.3. The molecule has 3 heterocycles. The summed E-state index contributed by atoms with van der Waals surface area (Å²) in [5.74, 6) is 1.13. The maximum atomic E-state index is 12.2. The molecule has 0 unspecified atom stereocenters. The molecule has 0 fully saturated rings. The minimum Gasteiger partial charge on any atom is -0.467 e. The minimum absolute atomic E-state index is 0.0313. The van der Waals surface area contributed by atoms with Gasteiger partial charge in [-0.3, -0.25) is 9.78 Å². The molecule has 0 spiro atoms. The molecular formula is C17H18N4O2S. The van der Waals surface area contributed by atoms with Crippen LogP contribution in [0.4, 0.5) is 0 Å². The van der Waals surface area contributed by atoms with Crippen molar-refractivity contribution in [3.8, 4) is 0 Å². The second-order valence-corrected chi connectivity index (χ2v) is 6.22. The third kappa shape index (κ3) is 4.26. The van der Waals surface area contributed by atoms with Gasteiger partial charge in [-0.2, -0.15) is 0 Å². The highest BCUT2D eigenvalue weighted by molar-refractivity contribution is 7.99. The number of thioether (sulfide) groups is 1. The number of carbonyl (C=O) groups excluding carboxylic acids is 1. The molecule has 0 saturated heterocycles. The molecule has 0 N–H and O–H groups in total. The Hall–Kier alpha value is -2.54. The van der Waals surface area contributed by atoms with Gasteiger partial charge in [0.05, 0.1) is 30.8 Å². The number of hydrogen-bond acceptors (Lipinski definition) is 5. The van der Waals surface area contributed by atoms with Crippen LogP contribution in [-0.2, 0) is 17.9 Å². The highest BCUT2D eigenvalue weighted by Crippen LogP contribution is 2.17. The summed E-state index contributed by atoms with van der Waals surface area (Å²) in [4.78, 5) is 22.5. The molecule has 0 saturated carbocycles. The van der Waals surface area contributed by atoms with Crippen LogP contribution in [0.25, 0.3) is 0 Å². The molecular weight excluding hydrogens is 324 g/mol. The average molecular weight is 342 g/mol. The van der Waals surface area contributed by atoms with E-state index in [0.717, 1.165) is 16.6 Å². The lowest BCUT2D eigenvalue weighted by molar-refractivity contribution is -0.127. The Bertz CT molecular complexity index is 771. The first-order valence-electron chi connectivity index (χ1n) is 7.52. The lowest BCUT2D eigenvalue weighted by Gasteiger charge is -2.15. The molecule has 0 aromatic carbocycles. The summed E-state index contributed by atoms with van der Waals surface area (Å²) in [7, 11) is 1.77. The summed E-state index contributed by atoms with van der Waals surface area (Å²) < 4.78 is 7.26. The van der Waals surface area contributed by atoms with Crippen molar-refractivity contribution in [2.45, 2.75) is 18.2 Å². The van der Waals surface area contributed by atoms with Crippen LogP contribution in [-0.4, -0.2) is 38.1 Å². The van der Waals surface area contributed by atoms with Gasteiger partial charge in [0.25, 0.3) is 0 Å². The number of aromatic nitrogens is 3. The fourth-order valence-electron chi connectivity index (χ4n) is 2.18. The Morgan fingerprint density at radius 3 is 2.92 bits per heavy atom. The van der Waals surface area contributed by atoms with Crippen molar-refractivity contribution in [1.82, 2.24) is 19.4 Å². The molecule has 124 valence electrons. The van der Waals surface area contributed by atoms with Crippen LogP contribution >= 0.6 is 11.8 Å². The van der Waals surface area contributed by atoms with Gasteiger partial charge in [-0.1, -0.05) is 17.8 Å². The van der Waals surface area contributed by atoms with Crippen molar-refractivity contribution in [3.05, 3.63) is 66.6 Å². The predicted molar refractivity (Wildman–Crippen MR) is 91.5 cm³/mol. The number of pyridine rings is 1. The van der Waals surface area contributed by atoms with Gasteiger partial charge in [-0.25, -0.2) is 4.98 Å². The fraction of sp³-hybridized carbons (Fsp3) is 0.235. The third-order valence-corrected chi connectivity index (χ3v) is 4.45. The van der Waals surface area contributed by atoms with E-state index in [0.29, 0.717) is 18.8 Å². The zero-order valence-electron chi connectivity index (χ0n) is 13.3. The smallest absolute Gasteiger partial charge is 0.233 e. The van der Waals surface area contributed by atoms with Crippen molar-refractivity contribution in [2.75, 3.05) is 12.8 Å². The maximum Gasteiger partial charge on any atom is 0.233 e. The summed E-state index contributed by atoms with van der Waals surface area (Å²) >= 11 is 1.42. The van der Waals surface area contributed by atoms with Crippen LogP contribution in [0.3, 0.4) is 0 Å². The Morgan fingerprint density at radius 1 is 1.25 bits per heavy atom. The van der Waals surface area contributed by atoms with Crippen molar-refractivity contribution in [1.29, 1.82) is 0 Å². The van der Waals surface area contributed by atoms with Crippen LogP contribution in [0, 0.1) is 0 Å². The average Bonchev–Trinajstić information content (AvgIpc) is 3.25. The molecule has 0 radical (unpaired) electrons. The van der Waals surface area contributed by atoms with E-state index in [-0.39, 0.29) is 5.91 Å². The van der Waals surface area contributed by atoms with Gasteiger partial charge >= 0.3 is 0 Å². The molecule has 3 rings (SSSR count). The van der Waals surface area contributed by atoms with E-state index in [1.54, 1.807) is 30.6 Å². The van der Waals surface area contributed by atoms with Gasteiger partial charge < -0.3 is 13.9 Å². The topological polar surface area (TPSA) is 64.2 Å². The van der Waals surface area contributed by atoms with Crippen molar-refractivity contribution in [2.24, 2.45) is 0 Å². The van der Waals surface area contributed by atoms with Gasteiger partial charge in [0, 0.05) is 25.6 Å². The summed E-state index contributed by atoms with van der Waals surface area (Å²) in [5.41, 5.74) is 0.957. The molecule has 24 heavy (non-hydrogen) atoms. The normalized spacial score (nSPS) is 10.7. The standard InChI is InChI=1S/C17H18N4O2S/c1-20(12-15-6-4-10-23-15)16(22)13-24-17-19-8-9-21(17)11-14-5-2-3-7-18-14/h2-10H,11-13H2,1H3. The number of rotatable bonds is 7. The Balaban J connectivity index is 1.55. The minimum atomic E-state index is 0.0313. The molecule has 0 aliphatic rings. The first-order chi connectivity index (χ1) is 11.7. The molecule has 1 amide bonds. The van der Waals surface area contributed by atoms with Gasteiger partial charge in [0.15, 0.2) is 5.16 Å². The fourth-order valence-corrected chi connectivity index (χ4v) is 3.08. The Morgan fingerprint density at radius 2 is 2.17 bits per heavy atom. The summed E-state index contributed by atoms with van der Waals surface area (Å²) in [6.07, 6.45) is 7.01. The molecule has 0 aliphatic heterocycles. The highest BCUT2D eigenvalue weighted by atomic mass is 32.2. The first kappa shape index (κ1) is 16.3. The van der Waals surface area contributed by atoms with Gasteiger partial charge in [0.1, 0.15) is 5.76 Å². The van der Waals surface area contributed by atoms with Crippen molar-refractivity contribution in [3.63, 3.8) is 0 Å². The van der Waals surface area contributed by atoms with Gasteiger partial charge in [-0.15, -0.1) is 0 Å². The number of carbonyl (C=O) groups is 1. The van der Waals surface area contributed by atoms with Crippen LogP contribution in [0.1, 0.15) is 11.5 Å². The molecule has 3 aromatic heterocycles. The van der Waals surface area contributed by atoms with Crippen molar-refractivity contribution < 1.29 is 9.21 Å². The zero-order valence-corrected chi connectivity index (χ0v) is 14.1. The van der Waals surface area contributed by atoms with E-state index < -0.39 is 0 Å². The maximum absolute atomic E-state index is 12.2. The molecule has 0 atom stereocenters. The molecule has 0 aliphatic carbocycles. The Labute approximate surface area is 144 Å². The van der Waals surface area contributed by atoms with Crippen LogP contribution in [0.15, 0.2) is 64.8 Å². The number of nitrogens with zero attached hydrogens (tertiary/aromatic N) is 4. The van der Waals surface area contributed by atoms with E-state index in [2.05, 4.69) is 9.97 Å². The van der Waals surface area contributed by atoms with E-state index in [1.807, 2.05) is 41.1 Å². The third-order valence-electron chi connectivity index (χ3n) is 3.46. The SMILES string of the molecule is CN(Cc1ccco1)C(=O)CSc1nccn1Cc1ccccn1. The number of furan rings is 1. The summed E-state index contributed by atoms with van der Waals surface area (Å²) in [5, 5.41) is 0.806. The second kappa shape index (κ2) is 7.83. The van der Waals surface area contributed by atoms with E-state index in [9.17, 15) is 4.79 Å². The lowest BCUT2D eigenvalue weighted by Crippen LogP contribution is -2.27. The van der Waals surface area contributed by atoms with Crippen molar-refractivity contribution >= 4 is 17.7 Å². The second-order valence-electron chi connectivity index (χ2n) is 5.28. The monoisotopic (exact) mass is 342 g/mol.